The molecule has 0 radical (unpaired) electrons. The molecule has 7 nitrogen and oxygen atoms in total. The number of furan rings is 1. The van der Waals surface area contributed by atoms with Crippen molar-refractivity contribution < 1.29 is 4.42 Å². The molecule has 0 saturated carbocycles. The summed E-state index contributed by atoms with van der Waals surface area (Å²) in [6, 6.07) is 22.3. The van der Waals surface area contributed by atoms with E-state index in [1.54, 1.807) is 6.26 Å². The minimum absolute atomic E-state index is 0.0346. The molecule has 0 aliphatic carbocycles. The monoisotopic (exact) mass is 434 g/mol. The van der Waals surface area contributed by atoms with E-state index >= 15 is 0 Å². The average molecular weight is 435 g/mol. The Labute approximate surface area is 185 Å². The van der Waals surface area contributed by atoms with Crippen LogP contribution in [0.1, 0.15) is 23.2 Å². The molecule has 2 aromatic carbocycles. The van der Waals surface area contributed by atoms with Gasteiger partial charge in [-0.2, -0.15) is 0 Å². The SMILES string of the molecule is Clc1cccc(N2CCN([C@H](c3ccccc3)c3nnnn3Cc3ccco3)CC2)c1. The van der Waals surface area contributed by atoms with Crippen LogP contribution < -0.4 is 4.90 Å². The summed E-state index contributed by atoms with van der Waals surface area (Å²) in [4.78, 5) is 4.82. The summed E-state index contributed by atoms with van der Waals surface area (Å²) < 4.78 is 7.35. The fraction of sp³-hybridized carbons (Fsp3) is 0.261. The van der Waals surface area contributed by atoms with Crippen molar-refractivity contribution in [1.82, 2.24) is 25.1 Å². The molecule has 0 bridgehead atoms. The van der Waals surface area contributed by atoms with E-state index in [0.29, 0.717) is 6.54 Å². The molecule has 0 spiro atoms. The smallest absolute Gasteiger partial charge is 0.173 e. The Morgan fingerprint density at radius 2 is 1.77 bits per heavy atom. The van der Waals surface area contributed by atoms with Gasteiger partial charge in [0.1, 0.15) is 12.3 Å². The van der Waals surface area contributed by atoms with Crippen molar-refractivity contribution in [3.8, 4) is 0 Å². The molecule has 0 unspecified atom stereocenters. The average Bonchev–Trinajstić information content (AvgIpc) is 3.48. The van der Waals surface area contributed by atoms with Gasteiger partial charge >= 0.3 is 0 Å². The summed E-state index contributed by atoms with van der Waals surface area (Å²) in [6.07, 6.45) is 1.67. The van der Waals surface area contributed by atoms with Gasteiger partial charge in [-0.3, -0.25) is 4.90 Å². The first kappa shape index (κ1) is 19.8. The first-order valence-electron chi connectivity index (χ1n) is 10.4. The molecule has 1 aliphatic heterocycles. The van der Waals surface area contributed by atoms with Crippen LogP contribution >= 0.6 is 11.6 Å². The zero-order valence-electron chi connectivity index (χ0n) is 17.0. The van der Waals surface area contributed by atoms with Crippen molar-refractivity contribution in [2.45, 2.75) is 12.6 Å². The Balaban J connectivity index is 1.41. The molecular formula is C23H23ClN6O. The fourth-order valence-electron chi connectivity index (χ4n) is 4.14. The number of nitrogens with zero attached hydrogens (tertiary/aromatic N) is 6. The number of hydrogen-bond acceptors (Lipinski definition) is 6. The lowest BCUT2D eigenvalue weighted by Crippen LogP contribution is -2.48. The number of tetrazole rings is 1. The summed E-state index contributed by atoms with van der Waals surface area (Å²) in [7, 11) is 0. The largest absolute Gasteiger partial charge is 0.467 e. The van der Waals surface area contributed by atoms with Crippen LogP contribution in [0.3, 0.4) is 0 Å². The first-order valence-corrected chi connectivity index (χ1v) is 10.7. The molecule has 1 saturated heterocycles. The number of benzene rings is 2. The van der Waals surface area contributed by atoms with Gasteiger partial charge in [-0.25, -0.2) is 4.68 Å². The summed E-state index contributed by atoms with van der Waals surface area (Å²) in [5.41, 5.74) is 2.33. The second-order valence-electron chi connectivity index (χ2n) is 7.59. The molecule has 2 aromatic heterocycles. The van der Waals surface area contributed by atoms with Gasteiger partial charge in [-0.05, 0) is 46.3 Å². The van der Waals surface area contributed by atoms with Gasteiger partial charge in [0.2, 0.25) is 0 Å². The molecule has 158 valence electrons. The van der Waals surface area contributed by atoms with Gasteiger partial charge in [0.05, 0.1) is 12.3 Å². The molecule has 8 heteroatoms. The molecule has 1 fully saturated rings. The maximum absolute atomic E-state index is 6.20. The van der Waals surface area contributed by atoms with Gasteiger partial charge in [0, 0.05) is 36.9 Å². The van der Waals surface area contributed by atoms with Crippen LogP contribution in [-0.4, -0.2) is 51.3 Å². The van der Waals surface area contributed by atoms with Crippen LogP contribution in [0.5, 0.6) is 0 Å². The third kappa shape index (κ3) is 4.33. The maximum Gasteiger partial charge on any atom is 0.173 e. The number of halogens is 1. The first-order chi connectivity index (χ1) is 15.3. The fourth-order valence-corrected chi connectivity index (χ4v) is 4.32. The minimum Gasteiger partial charge on any atom is -0.467 e. The molecular weight excluding hydrogens is 412 g/mol. The quantitative estimate of drug-likeness (QED) is 0.459. The molecule has 4 aromatic rings. The van der Waals surface area contributed by atoms with Crippen LogP contribution in [0.4, 0.5) is 5.69 Å². The van der Waals surface area contributed by atoms with Crippen molar-refractivity contribution >= 4 is 17.3 Å². The molecule has 1 atom stereocenters. The van der Waals surface area contributed by atoms with Gasteiger partial charge in [-0.15, -0.1) is 5.10 Å². The predicted molar refractivity (Wildman–Crippen MR) is 119 cm³/mol. The van der Waals surface area contributed by atoms with Crippen molar-refractivity contribution in [3.05, 3.63) is 95.2 Å². The lowest BCUT2D eigenvalue weighted by atomic mass is 10.0. The standard InChI is InChI=1S/C23H23ClN6O/c24-19-8-4-9-20(16-19)28-11-13-29(14-12-28)22(18-6-2-1-3-7-18)23-25-26-27-30(23)17-21-10-5-15-31-21/h1-10,15-16,22H,11-14,17H2/t22-/m1/s1. The highest BCUT2D eigenvalue weighted by molar-refractivity contribution is 6.30. The molecule has 0 amide bonds. The normalized spacial score (nSPS) is 15.8. The van der Waals surface area contributed by atoms with Crippen LogP contribution in [0, 0.1) is 0 Å². The van der Waals surface area contributed by atoms with Crippen molar-refractivity contribution in [3.63, 3.8) is 0 Å². The van der Waals surface area contributed by atoms with Crippen LogP contribution in [0.25, 0.3) is 0 Å². The number of anilines is 1. The summed E-state index contributed by atoms with van der Waals surface area (Å²) in [6.45, 7) is 4.09. The summed E-state index contributed by atoms with van der Waals surface area (Å²) in [5.74, 6) is 1.64. The number of rotatable bonds is 6. The second kappa shape index (κ2) is 8.91. The highest BCUT2D eigenvalue weighted by atomic mass is 35.5. The lowest BCUT2D eigenvalue weighted by Gasteiger charge is -2.40. The third-order valence-corrected chi connectivity index (χ3v) is 5.89. The van der Waals surface area contributed by atoms with E-state index in [1.807, 2.05) is 41.1 Å². The van der Waals surface area contributed by atoms with Gasteiger partial charge in [0.15, 0.2) is 5.82 Å². The van der Waals surface area contributed by atoms with E-state index in [1.165, 1.54) is 5.56 Å². The maximum atomic E-state index is 6.20. The van der Waals surface area contributed by atoms with Gasteiger partial charge in [-0.1, -0.05) is 48.0 Å². The van der Waals surface area contributed by atoms with Crippen molar-refractivity contribution in [2.75, 3.05) is 31.1 Å². The Morgan fingerprint density at radius 1 is 0.935 bits per heavy atom. The zero-order valence-corrected chi connectivity index (χ0v) is 17.8. The summed E-state index contributed by atoms with van der Waals surface area (Å²) in [5, 5.41) is 13.4. The Kier molecular flexibility index (Phi) is 5.69. The van der Waals surface area contributed by atoms with E-state index in [2.05, 4.69) is 55.7 Å². The zero-order chi connectivity index (χ0) is 21.0. The minimum atomic E-state index is -0.0346. The second-order valence-corrected chi connectivity index (χ2v) is 8.03. The van der Waals surface area contributed by atoms with Crippen molar-refractivity contribution in [1.29, 1.82) is 0 Å². The van der Waals surface area contributed by atoms with E-state index in [9.17, 15) is 0 Å². The van der Waals surface area contributed by atoms with E-state index in [4.69, 9.17) is 16.0 Å². The van der Waals surface area contributed by atoms with Crippen LogP contribution in [0.15, 0.2) is 77.4 Å². The predicted octanol–water partition coefficient (Wildman–Crippen LogP) is 3.88. The Hall–Kier alpha value is -3.16. The van der Waals surface area contributed by atoms with Gasteiger partial charge < -0.3 is 9.32 Å². The molecule has 3 heterocycles. The van der Waals surface area contributed by atoms with E-state index in [0.717, 1.165) is 48.5 Å². The van der Waals surface area contributed by atoms with E-state index in [-0.39, 0.29) is 6.04 Å². The number of piperazine rings is 1. The van der Waals surface area contributed by atoms with Crippen LogP contribution in [0.2, 0.25) is 5.02 Å². The van der Waals surface area contributed by atoms with Crippen molar-refractivity contribution in [2.24, 2.45) is 0 Å². The van der Waals surface area contributed by atoms with E-state index < -0.39 is 0 Å². The Morgan fingerprint density at radius 3 is 2.52 bits per heavy atom. The molecule has 5 rings (SSSR count). The lowest BCUT2D eigenvalue weighted by molar-refractivity contribution is 0.201. The van der Waals surface area contributed by atoms with Gasteiger partial charge in [0.25, 0.3) is 0 Å². The molecule has 1 aliphatic rings. The molecule has 0 N–H and O–H groups in total. The number of hydrogen-bond donors (Lipinski definition) is 0. The van der Waals surface area contributed by atoms with Crippen LogP contribution in [-0.2, 0) is 6.54 Å². The topological polar surface area (TPSA) is 63.2 Å². The summed E-state index contributed by atoms with van der Waals surface area (Å²) >= 11 is 6.20. The highest BCUT2D eigenvalue weighted by Crippen LogP contribution is 2.29. The third-order valence-electron chi connectivity index (χ3n) is 5.66. The Bertz CT molecular complexity index is 1110. The number of aromatic nitrogens is 4. The molecule has 31 heavy (non-hydrogen) atoms. The highest BCUT2D eigenvalue weighted by Gasteiger charge is 2.30.